The first-order valence-corrected chi connectivity index (χ1v) is 7.06. The van der Waals surface area contributed by atoms with Crippen LogP contribution in [-0.4, -0.2) is 29.4 Å². The molecular formula is C10H22O4S. The van der Waals surface area contributed by atoms with Crippen molar-refractivity contribution in [2.24, 2.45) is 0 Å². The highest BCUT2D eigenvalue weighted by molar-refractivity contribution is 7.86. The van der Waals surface area contributed by atoms with E-state index in [1.807, 2.05) is 13.8 Å². The van der Waals surface area contributed by atoms with E-state index in [9.17, 15) is 13.5 Å². The lowest BCUT2D eigenvalue weighted by Crippen LogP contribution is -2.26. The summed E-state index contributed by atoms with van der Waals surface area (Å²) in [5, 5.41) is 8.70. The quantitative estimate of drug-likeness (QED) is 0.634. The predicted octanol–water partition coefficient (Wildman–Crippen LogP) is 1.98. The van der Waals surface area contributed by atoms with Gasteiger partial charge in [0.05, 0.1) is 11.4 Å². The molecule has 2 atom stereocenters. The van der Waals surface area contributed by atoms with Gasteiger partial charge in [0.2, 0.25) is 0 Å². The van der Waals surface area contributed by atoms with Gasteiger partial charge in [0, 0.05) is 0 Å². The average molecular weight is 238 g/mol. The summed E-state index contributed by atoms with van der Waals surface area (Å²) in [5.74, 6) is 0. The van der Waals surface area contributed by atoms with Crippen molar-refractivity contribution in [3.63, 3.8) is 0 Å². The topological polar surface area (TPSA) is 74.6 Å². The lowest BCUT2D eigenvalue weighted by Gasteiger charge is -2.17. The van der Waals surface area contributed by atoms with Crippen LogP contribution in [-0.2, 0) is 10.1 Å². The van der Waals surface area contributed by atoms with E-state index in [1.54, 1.807) is 0 Å². The monoisotopic (exact) mass is 238 g/mol. The minimum atomic E-state index is -4.01. The molecule has 2 N–H and O–H groups in total. The Balaban J connectivity index is 4.25. The number of rotatable bonds is 8. The van der Waals surface area contributed by atoms with Gasteiger partial charge in [0.25, 0.3) is 10.1 Å². The van der Waals surface area contributed by atoms with Crippen LogP contribution in [0.5, 0.6) is 0 Å². The van der Waals surface area contributed by atoms with Crippen LogP contribution in [0, 0.1) is 0 Å². The lowest BCUT2D eigenvalue weighted by molar-refractivity contribution is 0.149. The van der Waals surface area contributed by atoms with Crippen LogP contribution in [0.2, 0.25) is 0 Å². The van der Waals surface area contributed by atoms with E-state index in [0.29, 0.717) is 12.8 Å². The molecule has 0 aliphatic heterocycles. The maximum atomic E-state index is 11.0. The molecule has 5 heteroatoms. The molecule has 15 heavy (non-hydrogen) atoms. The Kier molecular flexibility index (Phi) is 7.13. The minimum absolute atomic E-state index is 0.146. The van der Waals surface area contributed by atoms with Gasteiger partial charge in [-0.1, -0.05) is 33.1 Å². The lowest BCUT2D eigenvalue weighted by atomic mass is 10.1. The van der Waals surface area contributed by atoms with E-state index in [2.05, 4.69) is 0 Å². The van der Waals surface area contributed by atoms with Crippen LogP contribution in [0.25, 0.3) is 0 Å². The Labute approximate surface area is 92.4 Å². The van der Waals surface area contributed by atoms with Gasteiger partial charge in [-0.25, -0.2) is 0 Å². The first kappa shape index (κ1) is 14.9. The molecule has 2 unspecified atom stereocenters. The molecular weight excluding hydrogens is 216 g/mol. The minimum Gasteiger partial charge on any atom is -0.393 e. The summed E-state index contributed by atoms with van der Waals surface area (Å²) < 4.78 is 31.0. The van der Waals surface area contributed by atoms with Gasteiger partial charge in [-0.3, -0.25) is 4.55 Å². The molecule has 0 spiro atoms. The third-order valence-electron chi connectivity index (χ3n) is 2.46. The second-order valence-electron chi connectivity index (χ2n) is 3.96. The highest BCUT2D eigenvalue weighted by Crippen LogP contribution is 2.17. The highest BCUT2D eigenvalue weighted by Gasteiger charge is 2.24. The Hall–Kier alpha value is -0.130. The van der Waals surface area contributed by atoms with Gasteiger partial charge in [-0.2, -0.15) is 8.42 Å². The van der Waals surface area contributed by atoms with Crippen molar-refractivity contribution in [2.75, 3.05) is 0 Å². The molecule has 0 aliphatic rings. The zero-order chi connectivity index (χ0) is 11.9. The van der Waals surface area contributed by atoms with E-state index in [0.717, 1.165) is 19.3 Å². The van der Waals surface area contributed by atoms with Crippen LogP contribution in [0.3, 0.4) is 0 Å². The van der Waals surface area contributed by atoms with Gasteiger partial charge in [-0.05, 0) is 19.3 Å². The van der Waals surface area contributed by atoms with Gasteiger partial charge in [0.15, 0.2) is 0 Å². The predicted molar refractivity (Wildman–Crippen MR) is 60.4 cm³/mol. The molecule has 0 fully saturated rings. The summed E-state index contributed by atoms with van der Waals surface area (Å²) >= 11 is 0. The molecule has 0 rings (SSSR count). The number of hydrogen-bond acceptors (Lipinski definition) is 3. The van der Waals surface area contributed by atoms with Crippen LogP contribution in [0.15, 0.2) is 0 Å². The molecule has 0 radical (unpaired) electrons. The second-order valence-corrected chi connectivity index (χ2v) is 5.65. The van der Waals surface area contributed by atoms with Crippen molar-refractivity contribution in [1.82, 2.24) is 0 Å². The summed E-state index contributed by atoms with van der Waals surface area (Å²) in [6.45, 7) is 3.89. The first-order chi connectivity index (χ1) is 6.91. The molecule has 0 bridgehead atoms. The van der Waals surface area contributed by atoms with Crippen LogP contribution >= 0.6 is 0 Å². The molecule has 0 amide bonds. The first-order valence-electron chi connectivity index (χ1n) is 5.56. The fourth-order valence-electron chi connectivity index (χ4n) is 1.57. The Morgan fingerprint density at radius 2 is 1.73 bits per heavy atom. The van der Waals surface area contributed by atoms with Crippen molar-refractivity contribution >= 4 is 10.1 Å². The van der Waals surface area contributed by atoms with E-state index in [1.165, 1.54) is 0 Å². The zero-order valence-electron chi connectivity index (χ0n) is 9.52. The summed E-state index contributed by atoms with van der Waals surface area (Å²) in [6, 6.07) is 0. The van der Waals surface area contributed by atoms with Gasteiger partial charge in [0.1, 0.15) is 0 Å². The fraction of sp³-hybridized carbons (Fsp3) is 1.00. The average Bonchev–Trinajstić information content (AvgIpc) is 2.10. The van der Waals surface area contributed by atoms with Gasteiger partial charge < -0.3 is 5.11 Å². The smallest absolute Gasteiger partial charge is 0.267 e. The van der Waals surface area contributed by atoms with E-state index >= 15 is 0 Å². The summed E-state index contributed by atoms with van der Waals surface area (Å²) in [4.78, 5) is 0. The van der Waals surface area contributed by atoms with E-state index < -0.39 is 21.5 Å². The number of aliphatic hydroxyl groups excluding tert-OH is 1. The highest BCUT2D eigenvalue weighted by atomic mass is 32.2. The van der Waals surface area contributed by atoms with E-state index in [-0.39, 0.29) is 6.42 Å². The second kappa shape index (κ2) is 7.19. The number of unbranched alkanes of at least 4 members (excludes halogenated alkanes) is 1. The Morgan fingerprint density at radius 1 is 1.13 bits per heavy atom. The standard InChI is InChI=1S/C10H22O4S/c1-3-5-7-10(15(12,13)14)8-9(11)6-4-2/h9-11H,3-8H2,1-2H3,(H,12,13,14). The van der Waals surface area contributed by atoms with Crippen molar-refractivity contribution in [3.05, 3.63) is 0 Å². The Bertz CT molecular complexity index is 248. The molecule has 0 aromatic carbocycles. The molecule has 0 heterocycles. The number of aliphatic hydroxyl groups is 1. The van der Waals surface area contributed by atoms with Crippen molar-refractivity contribution in [3.8, 4) is 0 Å². The zero-order valence-corrected chi connectivity index (χ0v) is 10.3. The molecule has 92 valence electrons. The van der Waals surface area contributed by atoms with Crippen LogP contribution < -0.4 is 0 Å². The summed E-state index contributed by atoms with van der Waals surface area (Å²) in [6.07, 6.45) is 2.98. The van der Waals surface area contributed by atoms with Crippen LogP contribution in [0.4, 0.5) is 0 Å². The van der Waals surface area contributed by atoms with Crippen LogP contribution in [0.1, 0.15) is 52.4 Å². The molecule has 0 saturated carbocycles. The molecule has 0 aromatic heterocycles. The molecule has 0 saturated heterocycles. The molecule has 0 aromatic rings. The third-order valence-corrected chi connectivity index (χ3v) is 3.73. The summed E-state index contributed by atoms with van der Waals surface area (Å²) in [7, 11) is -4.01. The van der Waals surface area contributed by atoms with Crippen molar-refractivity contribution < 1.29 is 18.1 Å². The normalized spacial score (nSPS) is 16.3. The van der Waals surface area contributed by atoms with Gasteiger partial charge >= 0.3 is 0 Å². The SMILES string of the molecule is CCCCC(CC(O)CCC)S(=O)(=O)O. The fourth-order valence-corrected chi connectivity index (χ4v) is 2.50. The maximum Gasteiger partial charge on any atom is 0.267 e. The van der Waals surface area contributed by atoms with Crippen molar-refractivity contribution in [2.45, 2.75) is 63.7 Å². The summed E-state index contributed by atoms with van der Waals surface area (Å²) in [5.41, 5.74) is 0. The van der Waals surface area contributed by atoms with E-state index in [4.69, 9.17) is 4.55 Å². The Morgan fingerprint density at radius 3 is 2.13 bits per heavy atom. The number of hydrogen-bond donors (Lipinski definition) is 2. The third kappa shape index (κ3) is 6.87. The van der Waals surface area contributed by atoms with Gasteiger partial charge in [-0.15, -0.1) is 0 Å². The maximum absolute atomic E-state index is 11.0. The van der Waals surface area contributed by atoms with Crippen molar-refractivity contribution in [1.29, 1.82) is 0 Å². The molecule has 0 aliphatic carbocycles. The molecule has 4 nitrogen and oxygen atoms in total. The largest absolute Gasteiger partial charge is 0.393 e.